The smallest absolute Gasteiger partial charge is 0.314 e. The van der Waals surface area contributed by atoms with Crippen molar-refractivity contribution in [3.63, 3.8) is 0 Å². The Balaban J connectivity index is 1.81. The predicted octanol–water partition coefficient (Wildman–Crippen LogP) is 2.98. The van der Waals surface area contributed by atoms with E-state index in [1.54, 1.807) is 0 Å². The van der Waals surface area contributed by atoms with E-state index in [1.165, 1.54) is 19.3 Å². The minimum absolute atomic E-state index is 0.0624. The maximum Gasteiger partial charge on any atom is 0.406 e. The van der Waals surface area contributed by atoms with Crippen molar-refractivity contribution in [2.45, 2.75) is 68.6 Å². The van der Waals surface area contributed by atoms with Crippen molar-refractivity contribution in [2.75, 3.05) is 13.6 Å². The van der Waals surface area contributed by atoms with E-state index in [-0.39, 0.29) is 18.4 Å². The van der Waals surface area contributed by atoms with Crippen molar-refractivity contribution >= 4 is 0 Å². The minimum atomic E-state index is -4.09. The molecule has 0 aliphatic heterocycles. The molecule has 106 valence electrons. The van der Waals surface area contributed by atoms with Gasteiger partial charge < -0.3 is 10.6 Å². The minimum Gasteiger partial charge on any atom is -0.314 e. The molecule has 18 heavy (non-hydrogen) atoms. The van der Waals surface area contributed by atoms with Crippen molar-refractivity contribution in [3.05, 3.63) is 0 Å². The molecule has 0 radical (unpaired) electrons. The van der Waals surface area contributed by atoms with E-state index >= 15 is 0 Å². The van der Waals surface area contributed by atoms with Gasteiger partial charge in [-0.3, -0.25) is 0 Å². The zero-order chi connectivity index (χ0) is 13.3. The highest BCUT2D eigenvalue weighted by molar-refractivity contribution is 5.08. The fourth-order valence-corrected chi connectivity index (χ4v) is 3.08. The Morgan fingerprint density at radius 1 is 1.00 bits per heavy atom. The Morgan fingerprint density at radius 3 is 2.06 bits per heavy atom. The largest absolute Gasteiger partial charge is 0.406 e. The summed E-state index contributed by atoms with van der Waals surface area (Å²) in [6, 6.07) is 0. The molecule has 2 N–H and O–H groups in total. The van der Waals surface area contributed by atoms with E-state index in [1.807, 2.05) is 7.05 Å². The standard InChI is InChI=1S/C13H23F3N2/c1-17-11(5-3-2-4-6-11)9-10-18-12(7-8-12)13(14,15)16/h17-18H,2-10H2,1H3. The molecule has 0 amide bonds. The lowest BCUT2D eigenvalue weighted by atomic mass is 9.79. The first-order valence-corrected chi connectivity index (χ1v) is 6.94. The van der Waals surface area contributed by atoms with Crippen molar-refractivity contribution in [3.8, 4) is 0 Å². The monoisotopic (exact) mass is 264 g/mol. The van der Waals surface area contributed by atoms with Gasteiger partial charge in [-0.2, -0.15) is 13.2 Å². The molecule has 2 nitrogen and oxygen atoms in total. The van der Waals surface area contributed by atoms with Crippen molar-refractivity contribution in [1.82, 2.24) is 10.6 Å². The summed E-state index contributed by atoms with van der Waals surface area (Å²) in [6.07, 6.45) is 2.98. The second kappa shape index (κ2) is 5.00. The maximum absolute atomic E-state index is 12.8. The highest BCUT2D eigenvalue weighted by atomic mass is 19.4. The van der Waals surface area contributed by atoms with E-state index in [0.29, 0.717) is 6.54 Å². The molecule has 5 heteroatoms. The van der Waals surface area contributed by atoms with Crippen LogP contribution in [0.5, 0.6) is 0 Å². The second-order valence-corrected chi connectivity index (χ2v) is 5.85. The van der Waals surface area contributed by atoms with Crippen LogP contribution >= 0.6 is 0 Å². The predicted molar refractivity (Wildman–Crippen MR) is 65.5 cm³/mol. The third-order valence-corrected chi connectivity index (χ3v) is 4.70. The van der Waals surface area contributed by atoms with Crippen LogP contribution in [0.25, 0.3) is 0 Å². The molecule has 2 saturated carbocycles. The molecule has 0 aromatic rings. The fourth-order valence-electron chi connectivity index (χ4n) is 3.08. The number of hydrogen-bond acceptors (Lipinski definition) is 2. The number of rotatable bonds is 5. The molecule has 0 heterocycles. The van der Waals surface area contributed by atoms with Gasteiger partial charge in [0.2, 0.25) is 0 Å². The highest BCUT2D eigenvalue weighted by Gasteiger charge is 2.62. The van der Waals surface area contributed by atoms with Gasteiger partial charge in [0.15, 0.2) is 0 Å². The Bertz CT molecular complexity index is 278. The molecule has 2 aliphatic carbocycles. The molecule has 0 saturated heterocycles. The summed E-state index contributed by atoms with van der Waals surface area (Å²) in [5.74, 6) is 0. The van der Waals surface area contributed by atoms with Crippen LogP contribution in [0.4, 0.5) is 13.2 Å². The molecule has 2 fully saturated rings. The van der Waals surface area contributed by atoms with Crippen LogP contribution in [-0.2, 0) is 0 Å². The molecule has 2 rings (SSSR count). The first-order chi connectivity index (χ1) is 8.43. The molecule has 0 aromatic carbocycles. The highest BCUT2D eigenvalue weighted by Crippen LogP contribution is 2.49. The molecule has 0 bridgehead atoms. The van der Waals surface area contributed by atoms with E-state index < -0.39 is 11.7 Å². The quantitative estimate of drug-likeness (QED) is 0.797. The second-order valence-electron chi connectivity index (χ2n) is 5.85. The Morgan fingerprint density at radius 2 is 1.61 bits per heavy atom. The third kappa shape index (κ3) is 2.82. The van der Waals surface area contributed by atoms with Gasteiger partial charge in [-0.1, -0.05) is 19.3 Å². The van der Waals surface area contributed by atoms with Crippen LogP contribution < -0.4 is 10.6 Å². The number of alkyl halides is 3. The van der Waals surface area contributed by atoms with Crippen LogP contribution in [0, 0.1) is 0 Å². The van der Waals surface area contributed by atoms with Crippen LogP contribution in [-0.4, -0.2) is 30.8 Å². The van der Waals surface area contributed by atoms with E-state index in [4.69, 9.17) is 0 Å². The normalized spacial score (nSPS) is 26.0. The number of nitrogens with one attached hydrogen (secondary N) is 2. The zero-order valence-corrected chi connectivity index (χ0v) is 11.0. The van der Waals surface area contributed by atoms with Crippen LogP contribution in [0.15, 0.2) is 0 Å². The summed E-state index contributed by atoms with van der Waals surface area (Å²) >= 11 is 0. The van der Waals surface area contributed by atoms with Crippen LogP contribution in [0.2, 0.25) is 0 Å². The molecular formula is C13H23F3N2. The van der Waals surface area contributed by atoms with E-state index in [9.17, 15) is 13.2 Å². The SMILES string of the molecule is CNC1(CCNC2(C(F)(F)F)CC2)CCCCC1. The molecular weight excluding hydrogens is 241 g/mol. The lowest BCUT2D eigenvalue weighted by molar-refractivity contribution is -0.166. The van der Waals surface area contributed by atoms with Gasteiger partial charge in [-0.05, 0) is 45.7 Å². The lowest BCUT2D eigenvalue weighted by Gasteiger charge is -2.38. The summed E-state index contributed by atoms with van der Waals surface area (Å²) in [5, 5.41) is 6.09. The number of hydrogen-bond donors (Lipinski definition) is 2. The van der Waals surface area contributed by atoms with Crippen LogP contribution in [0.3, 0.4) is 0 Å². The lowest BCUT2D eigenvalue weighted by Crippen LogP contribution is -2.50. The van der Waals surface area contributed by atoms with Gasteiger partial charge in [0.25, 0.3) is 0 Å². The summed E-state index contributed by atoms with van der Waals surface area (Å²) < 4.78 is 38.3. The van der Waals surface area contributed by atoms with Gasteiger partial charge >= 0.3 is 6.18 Å². The average Bonchev–Trinajstić information content (AvgIpc) is 3.11. The fraction of sp³-hybridized carbons (Fsp3) is 1.00. The van der Waals surface area contributed by atoms with Crippen molar-refractivity contribution < 1.29 is 13.2 Å². The maximum atomic E-state index is 12.8. The van der Waals surface area contributed by atoms with E-state index in [0.717, 1.165) is 19.3 Å². The Labute approximate surface area is 107 Å². The Hall–Kier alpha value is -0.290. The third-order valence-electron chi connectivity index (χ3n) is 4.70. The molecule has 2 aliphatic rings. The van der Waals surface area contributed by atoms with E-state index in [2.05, 4.69) is 10.6 Å². The first-order valence-electron chi connectivity index (χ1n) is 6.94. The molecule has 0 aromatic heterocycles. The van der Waals surface area contributed by atoms with Gasteiger partial charge in [0.05, 0.1) is 0 Å². The summed E-state index contributed by atoms with van der Waals surface area (Å²) in [6.45, 7) is 0.459. The van der Waals surface area contributed by atoms with Gasteiger partial charge in [-0.15, -0.1) is 0 Å². The van der Waals surface area contributed by atoms with Crippen molar-refractivity contribution in [2.24, 2.45) is 0 Å². The summed E-state index contributed by atoms with van der Waals surface area (Å²) in [5.41, 5.74) is -1.50. The molecule has 0 atom stereocenters. The number of halogens is 3. The van der Waals surface area contributed by atoms with Gasteiger partial charge in [-0.25, -0.2) is 0 Å². The van der Waals surface area contributed by atoms with Gasteiger partial charge in [0, 0.05) is 5.54 Å². The summed E-state index contributed by atoms with van der Waals surface area (Å²) in [7, 11) is 1.93. The average molecular weight is 264 g/mol. The summed E-state index contributed by atoms with van der Waals surface area (Å²) in [4.78, 5) is 0. The van der Waals surface area contributed by atoms with Crippen LogP contribution in [0.1, 0.15) is 51.4 Å². The van der Waals surface area contributed by atoms with Crippen molar-refractivity contribution in [1.29, 1.82) is 0 Å². The molecule has 0 spiro atoms. The first kappa shape index (κ1) is 14.1. The zero-order valence-electron chi connectivity index (χ0n) is 11.0. The topological polar surface area (TPSA) is 24.1 Å². The molecule has 0 unspecified atom stereocenters. The van der Waals surface area contributed by atoms with Gasteiger partial charge in [0.1, 0.15) is 5.54 Å². The Kier molecular flexibility index (Phi) is 3.93.